The quantitative estimate of drug-likeness (QED) is 0.762. The van der Waals surface area contributed by atoms with Crippen molar-refractivity contribution in [1.29, 1.82) is 0 Å². The molecule has 1 unspecified atom stereocenters. The molecule has 0 saturated carbocycles. The first-order valence-electron chi connectivity index (χ1n) is 5.06. The van der Waals surface area contributed by atoms with Crippen LogP contribution in [-0.2, 0) is 11.2 Å². The Morgan fingerprint density at radius 1 is 1.71 bits per heavy atom. The summed E-state index contributed by atoms with van der Waals surface area (Å²) >= 11 is 5.21. The lowest BCUT2D eigenvalue weighted by Gasteiger charge is -2.24. The summed E-state index contributed by atoms with van der Waals surface area (Å²) in [5, 5.41) is 7.05. The third-order valence-corrected chi connectivity index (χ3v) is 2.88. The molecule has 1 aliphatic rings. The number of ether oxygens (including phenoxy) is 1. The summed E-state index contributed by atoms with van der Waals surface area (Å²) in [4.78, 5) is 0. The van der Waals surface area contributed by atoms with Gasteiger partial charge in [0, 0.05) is 13.0 Å². The van der Waals surface area contributed by atoms with Crippen molar-refractivity contribution in [3.05, 3.63) is 10.6 Å². The van der Waals surface area contributed by atoms with E-state index in [4.69, 9.17) is 17.0 Å². The van der Waals surface area contributed by atoms with Crippen LogP contribution < -0.4 is 0 Å². The number of nitrogens with one attached hydrogen (secondary N) is 1. The van der Waals surface area contributed by atoms with Crippen LogP contribution in [0.5, 0.6) is 0 Å². The van der Waals surface area contributed by atoms with Gasteiger partial charge in [0.25, 0.3) is 0 Å². The third-order valence-electron chi connectivity index (χ3n) is 2.60. The molecule has 0 amide bonds. The molecule has 1 N–H and O–H groups in total. The molecule has 0 aromatic carbocycles. The molecule has 1 saturated heterocycles. The van der Waals surface area contributed by atoms with E-state index in [0.717, 1.165) is 43.1 Å². The Labute approximate surface area is 88.3 Å². The fourth-order valence-electron chi connectivity index (χ4n) is 1.89. The largest absolute Gasteiger partial charge is 0.379 e. The first-order chi connectivity index (χ1) is 6.83. The SMILES string of the molecule is CCc1n[nH]c(=S)n1C1CCCOC1. The number of hydrogen-bond donors (Lipinski definition) is 1. The summed E-state index contributed by atoms with van der Waals surface area (Å²) in [6.07, 6.45) is 3.16. The van der Waals surface area contributed by atoms with Gasteiger partial charge in [-0.05, 0) is 25.1 Å². The van der Waals surface area contributed by atoms with Gasteiger partial charge >= 0.3 is 0 Å². The highest BCUT2D eigenvalue weighted by atomic mass is 32.1. The average molecular weight is 213 g/mol. The van der Waals surface area contributed by atoms with Gasteiger partial charge in [-0.15, -0.1) is 0 Å². The minimum Gasteiger partial charge on any atom is -0.379 e. The van der Waals surface area contributed by atoms with Crippen LogP contribution in [0.15, 0.2) is 0 Å². The molecule has 0 radical (unpaired) electrons. The second-order valence-electron chi connectivity index (χ2n) is 3.54. The highest BCUT2D eigenvalue weighted by Gasteiger charge is 2.19. The fourth-order valence-corrected chi connectivity index (χ4v) is 2.19. The monoisotopic (exact) mass is 213 g/mol. The van der Waals surface area contributed by atoms with Crippen molar-refractivity contribution >= 4 is 12.2 Å². The number of nitrogens with zero attached hydrogens (tertiary/aromatic N) is 2. The normalized spacial score (nSPS) is 22.5. The van der Waals surface area contributed by atoms with Gasteiger partial charge in [0.15, 0.2) is 4.77 Å². The van der Waals surface area contributed by atoms with Gasteiger partial charge in [-0.1, -0.05) is 6.92 Å². The molecule has 1 fully saturated rings. The molecule has 0 bridgehead atoms. The summed E-state index contributed by atoms with van der Waals surface area (Å²) in [6, 6.07) is 0.380. The minimum atomic E-state index is 0.380. The van der Waals surface area contributed by atoms with E-state index >= 15 is 0 Å². The third kappa shape index (κ3) is 1.74. The van der Waals surface area contributed by atoms with E-state index in [0.29, 0.717) is 6.04 Å². The van der Waals surface area contributed by atoms with E-state index in [2.05, 4.69) is 21.7 Å². The van der Waals surface area contributed by atoms with Gasteiger partial charge in [-0.3, -0.25) is 9.67 Å². The molecule has 0 spiro atoms. The predicted molar refractivity (Wildman–Crippen MR) is 55.9 cm³/mol. The zero-order valence-corrected chi connectivity index (χ0v) is 9.14. The molecule has 2 rings (SSSR count). The fraction of sp³-hybridized carbons (Fsp3) is 0.778. The number of rotatable bonds is 2. The average Bonchev–Trinajstić information content (AvgIpc) is 2.61. The number of aromatic amines is 1. The van der Waals surface area contributed by atoms with E-state index in [1.807, 2.05) is 0 Å². The molecule has 1 atom stereocenters. The molecule has 1 aromatic heterocycles. The number of aryl methyl sites for hydroxylation is 1. The first-order valence-corrected chi connectivity index (χ1v) is 5.47. The van der Waals surface area contributed by atoms with Gasteiger partial charge in [0.05, 0.1) is 12.6 Å². The molecular formula is C9H15N3OS. The Morgan fingerprint density at radius 3 is 3.21 bits per heavy atom. The van der Waals surface area contributed by atoms with E-state index in [1.165, 1.54) is 0 Å². The van der Waals surface area contributed by atoms with Gasteiger partial charge in [-0.2, -0.15) is 5.10 Å². The van der Waals surface area contributed by atoms with Crippen molar-refractivity contribution in [2.45, 2.75) is 32.2 Å². The lowest BCUT2D eigenvalue weighted by Crippen LogP contribution is -2.22. The maximum atomic E-state index is 5.45. The van der Waals surface area contributed by atoms with Gasteiger partial charge < -0.3 is 4.74 Å². The minimum absolute atomic E-state index is 0.380. The van der Waals surface area contributed by atoms with Crippen molar-refractivity contribution in [3.63, 3.8) is 0 Å². The summed E-state index contributed by atoms with van der Waals surface area (Å²) in [5.74, 6) is 1.03. The van der Waals surface area contributed by atoms with E-state index in [1.54, 1.807) is 0 Å². The van der Waals surface area contributed by atoms with Crippen LogP contribution in [0.4, 0.5) is 0 Å². The molecule has 5 heteroatoms. The molecule has 1 aliphatic heterocycles. The van der Waals surface area contributed by atoms with Crippen LogP contribution in [0.3, 0.4) is 0 Å². The van der Waals surface area contributed by atoms with Gasteiger partial charge in [-0.25, -0.2) is 0 Å². The summed E-state index contributed by atoms with van der Waals surface area (Å²) in [5.41, 5.74) is 0. The second kappa shape index (κ2) is 4.23. The zero-order chi connectivity index (χ0) is 9.97. The van der Waals surface area contributed by atoms with Crippen LogP contribution in [-0.4, -0.2) is 28.0 Å². The van der Waals surface area contributed by atoms with Crippen molar-refractivity contribution in [2.75, 3.05) is 13.2 Å². The molecular weight excluding hydrogens is 198 g/mol. The van der Waals surface area contributed by atoms with E-state index < -0.39 is 0 Å². The standard InChI is InChI=1S/C9H15N3OS/c1-2-8-10-11-9(14)12(8)7-4-3-5-13-6-7/h7H,2-6H2,1H3,(H,11,14). The van der Waals surface area contributed by atoms with Crippen LogP contribution in [0, 0.1) is 4.77 Å². The Hall–Kier alpha value is -0.680. The molecule has 78 valence electrons. The maximum absolute atomic E-state index is 5.45. The number of H-pyrrole nitrogens is 1. The van der Waals surface area contributed by atoms with Gasteiger partial charge in [0.2, 0.25) is 0 Å². The summed E-state index contributed by atoms with van der Waals surface area (Å²) in [6.45, 7) is 3.73. The van der Waals surface area contributed by atoms with Crippen molar-refractivity contribution in [3.8, 4) is 0 Å². The molecule has 14 heavy (non-hydrogen) atoms. The molecule has 2 heterocycles. The van der Waals surface area contributed by atoms with Crippen LogP contribution in [0.1, 0.15) is 31.6 Å². The van der Waals surface area contributed by atoms with Crippen LogP contribution in [0.2, 0.25) is 0 Å². The highest BCUT2D eigenvalue weighted by Crippen LogP contribution is 2.20. The first kappa shape index (κ1) is 9.86. The van der Waals surface area contributed by atoms with Gasteiger partial charge in [0.1, 0.15) is 5.82 Å². The highest BCUT2D eigenvalue weighted by molar-refractivity contribution is 7.71. The van der Waals surface area contributed by atoms with E-state index in [-0.39, 0.29) is 0 Å². The lowest BCUT2D eigenvalue weighted by atomic mass is 10.1. The van der Waals surface area contributed by atoms with Crippen molar-refractivity contribution in [1.82, 2.24) is 14.8 Å². The van der Waals surface area contributed by atoms with Crippen LogP contribution in [0.25, 0.3) is 0 Å². The topological polar surface area (TPSA) is 42.8 Å². The second-order valence-corrected chi connectivity index (χ2v) is 3.93. The Bertz CT molecular complexity index is 351. The van der Waals surface area contributed by atoms with Crippen molar-refractivity contribution < 1.29 is 4.74 Å². The number of aromatic nitrogens is 3. The van der Waals surface area contributed by atoms with Crippen molar-refractivity contribution in [2.24, 2.45) is 0 Å². The lowest BCUT2D eigenvalue weighted by molar-refractivity contribution is 0.0577. The molecule has 1 aromatic rings. The van der Waals surface area contributed by atoms with E-state index in [9.17, 15) is 0 Å². The molecule has 4 nitrogen and oxygen atoms in total. The smallest absolute Gasteiger partial charge is 0.195 e. The summed E-state index contributed by atoms with van der Waals surface area (Å²) in [7, 11) is 0. The Kier molecular flexibility index (Phi) is 2.98. The van der Waals surface area contributed by atoms with Crippen LogP contribution >= 0.6 is 12.2 Å². The summed E-state index contributed by atoms with van der Waals surface area (Å²) < 4.78 is 8.28. The Balaban J connectivity index is 2.28. The maximum Gasteiger partial charge on any atom is 0.195 e. The zero-order valence-electron chi connectivity index (χ0n) is 8.32. The number of hydrogen-bond acceptors (Lipinski definition) is 3. The predicted octanol–water partition coefficient (Wildman–Crippen LogP) is 1.85. The Morgan fingerprint density at radius 2 is 2.57 bits per heavy atom. The molecule has 0 aliphatic carbocycles.